The Hall–Kier alpha value is -3.16. The summed E-state index contributed by atoms with van der Waals surface area (Å²) in [5, 5.41) is 0. The van der Waals surface area contributed by atoms with Crippen LogP contribution in [0.3, 0.4) is 0 Å². The number of methoxy groups -OCH3 is 1. The number of fused-ring (bicyclic) bond motifs is 6. The van der Waals surface area contributed by atoms with Crippen LogP contribution in [-0.2, 0) is 23.9 Å². The van der Waals surface area contributed by atoms with Gasteiger partial charge in [0.25, 0.3) is 0 Å². The molecule has 0 N–H and O–H groups in total. The van der Waals surface area contributed by atoms with Crippen LogP contribution in [0, 0.1) is 23.7 Å². The number of benzene rings is 1. The van der Waals surface area contributed by atoms with Crippen molar-refractivity contribution in [3.63, 3.8) is 0 Å². The number of piperidine rings is 1. The van der Waals surface area contributed by atoms with Crippen molar-refractivity contribution < 1.29 is 28.7 Å². The van der Waals surface area contributed by atoms with E-state index in [0.29, 0.717) is 12.1 Å². The number of hydrogen-bond donors (Lipinski definition) is 0. The molecule has 0 saturated carbocycles. The van der Waals surface area contributed by atoms with Gasteiger partial charge in [-0.15, -0.1) is 0 Å². The molecule has 3 saturated heterocycles. The van der Waals surface area contributed by atoms with Crippen LogP contribution in [0.15, 0.2) is 42.0 Å². The monoisotopic (exact) mass is 438 g/mol. The summed E-state index contributed by atoms with van der Waals surface area (Å²) in [6.45, 7) is 2.04. The molecule has 3 heterocycles. The molecule has 1 aromatic carbocycles. The van der Waals surface area contributed by atoms with E-state index in [-0.39, 0.29) is 42.5 Å². The van der Waals surface area contributed by atoms with E-state index in [0.717, 1.165) is 18.4 Å². The number of carbonyl (C=O) groups is 4. The minimum absolute atomic E-state index is 0.0196. The van der Waals surface area contributed by atoms with Crippen molar-refractivity contribution in [3.05, 3.63) is 42.0 Å². The maximum absolute atomic E-state index is 13.7. The molecule has 2 unspecified atom stereocenters. The molecular formula is C24H26N2O6. The molecule has 0 spiro atoms. The van der Waals surface area contributed by atoms with Crippen LogP contribution in [0.2, 0.25) is 0 Å². The first-order valence-corrected chi connectivity index (χ1v) is 11.1. The van der Waals surface area contributed by atoms with E-state index in [9.17, 15) is 19.2 Å². The highest BCUT2D eigenvalue weighted by atomic mass is 16.6. The molecule has 8 nitrogen and oxygen atoms in total. The van der Waals surface area contributed by atoms with Crippen molar-refractivity contribution in [1.82, 2.24) is 4.90 Å². The second kappa shape index (κ2) is 7.76. The molecule has 5 rings (SSSR count). The van der Waals surface area contributed by atoms with Gasteiger partial charge in [0.05, 0.1) is 37.2 Å². The number of carbonyl (C=O) groups excluding carboxylic acids is 4. The van der Waals surface area contributed by atoms with Crippen LogP contribution in [0.25, 0.3) is 0 Å². The van der Waals surface area contributed by atoms with Crippen LogP contribution < -0.4 is 4.90 Å². The average Bonchev–Trinajstić information content (AvgIpc) is 3.26. The number of esters is 1. The van der Waals surface area contributed by atoms with E-state index in [4.69, 9.17) is 9.47 Å². The summed E-state index contributed by atoms with van der Waals surface area (Å²) in [6.07, 6.45) is 3.59. The number of ether oxygens (including phenoxy) is 2. The van der Waals surface area contributed by atoms with Gasteiger partial charge in [0.2, 0.25) is 11.8 Å². The highest BCUT2D eigenvalue weighted by molar-refractivity contribution is 6.23. The van der Waals surface area contributed by atoms with Crippen molar-refractivity contribution in [3.8, 4) is 0 Å². The average molecular weight is 438 g/mol. The van der Waals surface area contributed by atoms with Gasteiger partial charge < -0.3 is 14.4 Å². The number of anilines is 1. The second-order valence-electron chi connectivity index (χ2n) is 8.82. The van der Waals surface area contributed by atoms with Crippen LogP contribution in [0.4, 0.5) is 10.5 Å². The molecule has 32 heavy (non-hydrogen) atoms. The standard InChI is InChI=1S/C24H26N2O6/c1-3-32-24(30)25-15-9-10-17(25)18-13(11-15)12-16(23(29)31-2)19-20(18)22(28)26(21(19)27)14-7-5-4-6-8-14/h4-8,12,15-20H,3,9-11H2,1-2H3/t15-,16?,17+,18?,19+,20-/m1/s1. The Labute approximate surface area is 186 Å². The molecular weight excluding hydrogens is 412 g/mol. The van der Waals surface area contributed by atoms with Gasteiger partial charge in [-0.05, 0) is 38.3 Å². The molecule has 1 aromatic rings. The first-order chi connectivity index (χ1) is 15.5. The van der Waals surface area contributed by atoms with Crippen LogP contribution in [0.1, 0.15) is 26.2 Å². The molecule has 4 aliphatic rings. The lowest BCUT2D eigenvalue weighted by molar-refractivity contribution is -0.149. The van der Waals surface area contributed by atoms with Gasteiger partial charge >= 0.3 is 12.1 Å². The lowest BCUT2D eigenvalue weighted by Gasteiger charge is -2.46. The summed E-state index contributed by atoms with van der Waals surface area (Å²) in [4.78, 5) is 55.7. The minimum Gasteiger partial charge on any atom is -0.469 e. The Kier molecular flexibility index (Phi) is 5.03. The molecule has 168 valence electrons. The van der Waals surface area contributed by atoms with Gasteiger partial charge in [-0.3, -0.25) is 19.3 Å². The largest absolute Gasteiger partial charge is 0.469 e. The topological polar surface area (TPSA) is 93.2 Å². The molecule has 6 atom stereocenters. The summed E-state index contributed by atoms with van der Waals surface area (Å²) in [6, 6.07) is 8.54. The fourth-order valence-corrected chi connectivity index (χ4v) is 6.24. The Morgan fingerprint density at radius 3 is 2.44 bits per heavy atom. The minimum atomic E-state index is -0.842. The normalized spacial score (nSPS) is 32.9. The Morgan fingerprint density at radius 2 is 1.75 bits per heavy atom. The maximum Gasteiger partial charge on any atom is 0.410 e. The number of para-hydroxylation sites is 1. The first kappa shape index (κ1) is 20.7. The zero-order chi connectivity index (χ0) is 22.6. The van der Waals surface area contributed by atoms with E-state index < -0.39 is 23.7 Å². The maximum atomic E-state index is 13.7. The summed E-state index contributed by atoms with van der Waals surface area (Å²) in [5.41, 5.74) is 1.47. The second-order valence-corrected chi connectivity index (χ2v) is 8.82. The number of amides is 3. The zero-order valence-corrected chi connectivity index (χ0v) is 18.1. The summed E-state index contributed by atoms with van der Waals surface area (Å²) >= 11 is 0. The van der Waals surface area contributed by atoms with Crippen molar-refractivity contribution >= 4 is 29.6 Å². The predicted octanol–water partition coefficient (Wildman–Crippen LogP) is 2.53. The van der Waals surface area contributed by atoms with Gasteiger partial charge in [0.1, 0.15) is 0 Å². The molecule has 3 fully saturated rings. The van der Waals surface area contributed by atoms with E-state index in [2.05, 4.69) is 0 Å². The highest BCUT2D eigenvalue weighted by Crippen LogP contribution is 2.54. The Morgan fingerprint density at radius 1 is 1.03 bits per heavy atom. The van der Waals surface area contributed by atoms with Gasteiger partial charge in [-0.2, -0.15) is 0 Å². The smallest absolute Gasteiger partial charge is 0.410 e. The van der Waals surface area contributed by atoms with Gasteiger partial charge in [-0.25, -0.2) is 4.79 Å². The van der Waals surface area contributed by atoms with Crippen molar-refractivity contribution in [2.24, 2.45) is 23.7 Å². The van der Waals surface area contributed by atoms with Gasteiger partial charge in [0.15, 0.2) is 0 Å². The van der Waals surface area contributed by atoms with E-state index in [1.807, 2.05) is 12.1 Å². The van der Waals surface area contributed by atoms with Crippen molar-refractivity contribution in [2.45, 2.75) is 38.3 Å². The zero-order valence-electron chi connectivity index (χ0n) is 18.1. The molecule has 8 heteroatoms. The molecule has 3 amide bonds. The van der Waals surface area contributed by atoms with Crippen LogP contribution in [0.5, 0.6) is 0 Å². The number of nitrogens with zero attached hydrogens (tertiary/aromatic N) is 2. The number of imide groups is 1. The third-order valence-corrected chi connectivity index (χ3v) is 7.39. The highest BCUT2D eigenvalue weighted by Gasteiger charge is 2.63. The quantitative estimate of drug-likeness (QED) is 0.409. The van der Waals surface area contributed by atoms with E-state index >= 15 is 0 Å². The molecule has 1 aliphatic carbocycles. The lowest BCUT2D eigenvalue weighted by atomic mass is 9.64. The van der Waals surface area contributed by atoms with Crippen molar-refractivity contribution in [2.75, 3.05) is 18.6 Å². The van der Waals surface area contributed by atoms with Crippen LogP contribution in [-0.4, -0.2) is 54.6 Å². The fourth-order valence-electron chi connectivity index (χ4n) is 6.24. The number of rotatable bonds is 3. The SMILES string of the molecule is CCOC(=O)N1[C@@H]2CC[C@H]1C1C(=CC(C(=O)OC)[C@@H]3C(=O)N(c4ccccc4)C(=O)[C@H]13)C2. The molecule has 3 aliphatic heterocycles. The Bertz CT molecular complexity index is 1010. The first-order valence-electron chi connectivity index (χ1n) is 11.1. The summed E-state index contributed by atoms with van der Waals surface area (Å²) in [5.74, 6) is -3.89. The van der Waals surface area contributed by atoms with Crippen LogP contribution >= 0.6 is 0 Å². The summed E-state index contributed by atoms with van der Waals surface area (Å²) < 4.78 is 10.3. The molecule has 2 bridgehead atoms. The Balaban J connectivity index is 1.59. The van der Waals surface area contributed by atoms with E-state index in [1.54, 1.807) is 36.1 Å². The predicted molar refractivity (Wildman–Crippen MR) is 113 cm³/mol. The molecule has 0 aromatic heterocycles. The third-order valence-electron chi connectivity index (χ3n) is 7.39. The molecule has 0 radical (unpaired) electrons. The van der Waals surface area contributed by atoms with Gasteiger partial charge in [-0.1, -0.05) is 29.8 Å². The summed E-state index contributed by atoms with van der Waals surface area (Å²) in [7, 11) is 1.30. The fraction of sp³-hybridized carbons (Fsp3) is 0.500. The van der Waals surface area contributed by atoms with Crippen molar-refractivity contribution in [1.29, 1.82) is 0 Å². The lowest BCUT2D eigenvalue weighted by Crippen LogP contribution is -2.55. The van der Waals surface area contributed by atoms with E-state index in [1.165, 1.54) is 12.0 Å². The number of hydrogen-bond acceptors (Lipinski definition) is 6. The van der Waals surface area contributed by atoms with Gasteiger partial charge in [0, 0.05) is 18.0 Å². The third kappa shape index (κ3) is 2.88.